The van der Waals surface area contributed by atoms with Gasteiger partial charge in [-0.15, -0.1) is 0 Å². The first-order valence-electron chi connectivity index (χ1n) is 6.41. The molecule has 3 heteroatoms. The molecule has 1 aliphatic rings. The second kappa shape index (κ2) is 5.94. The van der Waals surface area contributed by atoms with Gasteiger partial charge in [-0.3, -0.25) is 0 Å². The smallest absolute Gasteiger partial charge is 0.131 e. The van der Waals surface area contributed by atoms with Gasteiger partial charge in [0.25, 0.3) is 0 Å². The summed E-state index contributed by atoms with van der Waals surface area (Å²) in [5, 5.41) is 3.36. The van der Waals surface area contributed by atoms with Crippen LogP contribution in [-0.2, 0) is 6.54 Å². The van der Waals surface area contributed by atoms with Gasteiger partial charge in [-0.05, 0) is 25.8 Å². The molecule has 2 rings (SSSR count). The Kier molecular flexibility index (Phi) is 4.28. The molecule has 0 unspecified atom stereocenters. The van der Waals surface area contributed by atoms with Crippen LogP contribution in [0.2, 0.25) is 0 Å². The summed E-state index contributed by atoms with van der Waals surface area (Å²) in [6.07, 6.45) is 10.3. The van der Waals surface area contributed by atoms with E-state index in [4.69, 9.17) is 0 Å². The minimum Gasteiger partial charge on any atom is -0.313 e. The zero-order valence-electron chi connectivity index (χ0n) is 10.1. The Balaban J connectivity index is 1.88. The van der Waals surface area contributed by atoms with Crippen molar-refractivity contribution in [1.29, 1.82) is 0 Å². The third kappa shape index (κ3) is 3.01. The van der Waals surface area contributed by atoms with E-state index in [-0.39, 0.29) is 0 Å². The van der Waals surface area contributed by atoms with Crippen LogP contribution in [0.5, 0.6) is 0 Å². The SMILES string of the molecule is CCCNCc1cnc(C2CCCC2)nc1. The van der Waals surface area contributed by atoms with Crippen LogP contribution in [-0.4, -0.2) is 16.5 Å². The summed E-state index contributed by atoms with van der Waals surface area (Å²) in [5.74, 6) is 1.68. The summed E-state index contributed by atoms with van der Waals surface area (Å²) >= 11 is 0. The molecule has 1 heterocycles. The molecule has 88 valence electrons. The number of hydrogen-bond acceptors (Lipinski definition) is 3. The lowest BCUT2D eigenvalue weighted by molar-refractivity contribution is 0.649. The predicted molar refractivity (Wildman–Crippen MR) is 65.2 cm³/mol. The molecule has 0 spiro atoms. The number of nitrogens with zero attached hydrogens (tertiary/aromatic N) is 2. The van der Waals surface area contributed by atoms with E-state index in [9.17, 15) is 0 Å². The van der Waals surface area contributed by atoms with Crippen LogP contribution in [0.3, 0.4) is 0 Å². The molecule has 0 saturated heterocycles. The van der Waals surface area contributed by atoms with E-state index >= 15 is 0 Å². The highest BCUT2D eigenvalue weighted by Crippen LogP contribution is 2.31. The lowest BCUT2D eigenvalue weighted by Gasteiger charge is -2.08. The van der Waals surface area contributed by atoms with Crippen LogP contribution in [0.15, 0.2) is 12.4 Å². The minimum atomic E-state index is 0.623. The highest BCUT2D eigenvalue weighted by molar-refractivity contribution is 5.08. The number of hydrogen-bond donors (Lipinski definition) is 1. The standard InChI is InChI=1S/C13H21N3/c1-2-7-14-8-11-9-15-13(16-10-11)12-5-3-4-6-12/h9-10,12,14H,2-8H2,1H3. The molecule has 0 amide bonds. The Labute approximate surface area is 97.7 Å². The van der Waals surface area contributed by atoms with Gasteiger partial charge in [0, 0.05) is 30.4 Å². The van der Waals surface area contributed by atoms with E-state index in [0.29, 0.717) is 5.92 Å². The van der Waals surface area contributed by atoms with Crippen molar-refractivity contribution in [2.45, 2.75) is 51.5 Å². The fourth-order valence-electron chi connectivity index (χ4n) is 2.26. The van der Waals surface area contributed by atoms with Crippen molar-refractivity contribution in [2.24, 2.45) is 0 Å². The van der Waals surface area contributed by atoms with E-state index in [0.717, 1.165) is 18.9 Å². The maximum atomic E-state index is 4.49. The lowest BCUT2D eigenvalue weighted by atomic mass is 10.1. The van der Waals surface area contributed by atoms with Crippen LogP contribution >= 0.6 is 0 Å². The maximum Gasteiger partial charge on any atom is 0.131 e. The van der Waals surface area contributed by atoms with Crippen LogP contribution in [0.1, 0.15) is 56.3 Å². The van der Waals surface area contributed by atoms with E-state index in [1.54, 1.807) is 0 Å². The Hall–Kier alpha value is -0.960. The largest absolute Gasteiger partial charge is 0.313 e. The van der Waals surface area contributed by atoms with Crippen LogP contribution in [0, 0.1) is 0 Å². The van der Waals surface area contributed by atoms with Gasteiger partial charge >= 0.3 is 0 Å². The number of aromatic nitrogens is 2. The van der Waals surface area contributed by atoms with Gasteiger partial charge in [-0.2, -0.15) is 0 Å². The summed E-state index contributed by atoms with van der Waals surface area (Å²) in [5.41, 5.74) is 1.19. The van der Waals surface area contributed by atoms with Gasteiger partial charge in [-0.1, -0.05) is 19.8 Å². The third-order valence-electron chi connectivity index (χ3n) is 3.20. The van der Waals surface area contributed by atoms with E-state index in [2.05, 4.69) is 22.2 Å². The highest BCUT2D eigenvalue weighted by atomic mass is 14.9. The molecule has 1 N–H and O–H groups in total. The maximum absolute atomic E-state index is 4.49. The molecule has 1 saturated carbocycles. The number of rotatable bonds is 5. The highest BCUT2D eigenvalue weighted by Gasteiger charge is 2.19. The first-order chi connectivity index (χ1) is 7.90. The van der Waals surface area contributed by atoms with Gasteiger partial charge in [0.2, 0.25) is 0 Å². The summed E-state index contributed by atoms with van der Waals surface area (Å²) < 4.78 is 0. The van der Waals surface area contributed by atoms with Crippen molar-refractivity contribution < 1.29 is 0 Å². The Morgan fingerprint density at radius 1 is 1.25 bits per heavy atom. The first kappa shape index (κ1) is 11.5. The Bertz CT molecular complexity index is 301. The van der Waals surface area contributed by atoms with Gasteiger partial charge in [0.15, 0.2) is 0 Å². The zero-order valence-corrected chi connectivity index (χ0v) is 10.1. The van der Waals surface area contributed by atoms with Crippen molar-refractivity contribution in [2.75, 3.05) is 6.54 Å². The summed E-state index contributed by atoms with van der Waals surface area (Å²) in [7, 11) is 0. The quantitative estimate of drug-likeness (QED) is 0.774. The Morgan fingerprint density at radius 3 is 2.56 bits per heavy atom. The zero-order chi connectivity index (χ0) is 11.2. The van der Waals surface area contributed by atoms with Gasteiger partial charge in [0.1, 0.15) is 5.82 Å². The third-order valence-corrected chi connectivity index (χ3v) is 3.20. The van der Waals surface area contributed by atoms with E-state index < -0.39 is 0 Å². The fraction of sp³-hybridized carbons (Fsp3) is 0.692. The molecule has 1 fully saturated rings. The van der Waals surface area contributed by atoms with Crippen molar-refractivity contribution >= 4 is 0 Å². The number of nitrogens with one attached hydrogen (secondary N) is 1. The fourth-order valence-corrected chi connectivity index (χ4v) is 2.26. The van der Waals surface area contributed by atoms with Crippen molar-refractivity contribution in [1.82, 2.24) is 15.3 Å². The molecule has 0 bridgehead atoms. The molecule has 16 heavy (non-hydrogen) atoms. The molecular weight excluding hydrogens is 198 g/mol. The van der Waals surface area contributed by atoms with Gasteiger partial charge in [0.05, 0.1) is 0 Å². The van der Waals surface area contributed by atoms with Crippen molar-refractivity contribution in [3.63, 3.8) is 0 Å². The van der Waals surface area contributed by atoms with Gasteiger partial charge in [-0.25, -0.2) is 9.97 Å². The second-order valence-electron chi connectivity index (χ2n) is 4.61. The minimum absolute atomic E-state index is 0.623. The van der Waals surface area contributed by atoms with Crippen molar-refractivity contribution in [3.05, 3.63) is 23.8 Å². The van der Waals surface area contributed by atoms with E-state index in [1.165, 1.54) is 37.7 Å². The normalized spacial score (nSPS) is 16.8. The molecule has 0 aromatic carbocycles. The topological polar surface area (TPSA) is 37.8 Å². The summed E-state index contributed by atoms with van der Waals surface area (Å²) in [6.45, 7) is 4.12. The molecule has 1 aliphatic carbocycles. The first-order valence-corrected chi connectivity index (χ1v) is 6.41. The molecule has 0 atom stereocenters. The molecule has 0 aliphatic heterocycles. The second-order valence-corrected chi connectivity index (χ2v) is 4.61. The summed E-state index contributed by atoms with van der Waals surface area (Å²) in [6, 6.07) is 0. The Morgan fingerprint density at radius 2 is 1.94 bits per heavy atom. The van der Waals surface area contributed by atoms with Crippen LogP contribution in [0.4, 0.5) is 0 Å². The molecule has 3 nitrogen and oxygen atoms in total. The van der Waals surface area contributed by atoms with Gasteiger partial charge < -0.3 is 5.32 Å². The lowest BCUT2D eigenvalue weighted by Crippen LogP contribution is -2.14. The average Bonchev–Trinajstić information content (AvgIpc) is 2.84. The summed E-state index contributed by atoms with van der Waals surface area (Å²) in [4.78, 5) is 8.98. The molecular formula is C13H21N3. The van der Waals surface area contributed by atoms with Crippen LogP contribution < -0.4 is 5.32 Å². The molecule has 1 aromatic rings. The molecule has 0 radical (unpaired) electrons. The van der Waals surface area contributed by atoms with Crippen molar-refractivity contribution in [3.8, 4) is 0 Å². The monoisotopic (exact) mass is 219 g/mol. The van der Waals surface area contributed by atoms with Crippen LogP contribution in [0.25, 0.3) is 0 Å². The molecule has 1 aromatic heterocycles. The van der Waals surface area contributed by atoms with E-state index in [1.807, 2.05) is 12.4 Å². The predicted octanol–water partition coefficient (Wildman–Crippen LogP) is 2.63. The average molecular weight is 219 g/mol.